The molecular formula is C12H22N4O. The van der Waals surface area contributed by atoms with Crippen LogP contribution >= 0.6 is 0 Å². The van der Waals surface area contributed by atoms with E-state index in [1.54, 1.807) is 13.2 Å². The Morgan fingerprint density at radius 2 is 2.24 bits per heavy atom. The predicted octanol–water partition coefficient (Wildman–Crippen LogP) is 0.635. The number of hydrogen-bond acceptors (Lipinski definition) is 3. The SMILES string of the molecule is CNC(=O)C(C)(C)CNCCCn1ccnc1. The highest BCUT2D eigenvalue weighted by molar-refractivity contribution is 5.81. The van der Waals surface area contributed by atoms with Crippen molar-refractivity contribution < 1.29 is 4.79 Å². The second kappa shape index (κ2) is 6.39. The Labute approximate surface area is 103 Å². The van der Waals surface area contributed by atoms with Crippen molar-refractivity contribution in [3.8, 4) is 0 Å². The van der Waals surface area contributed by atoms with Gasteiger partial charge in [-0.15, -0.1) is 0 Å². The first-order chi connectivity index (χ1) is 8.06. The summed E-state index contributed by atoms with van der Waals surface area (Å²) < 4.78 is 2.05. The molecule has 5 heteroatoms. The van der Waals surface area contributed by atoms with E-state index >= 15 is 0 Å². The van der Waals surface area contributed by atoms with Gasteiger partial charge in [-0.2, -0.15) is 0 Å². The van der Waals surface area contributed by atoms with Gasteiger partial charge in [0.05, 0.1) is 11.7 Å². The Morgan fingerprint density at radius 1 is 1.47 bits per heavy atom. The first-order valence-electron chi connectivity index (χ1n) is 5.95. The maximum absolute atomic E-state index is 11.5. The van der Waals surface area contributed by atoms with Crippen molar-refractivity contribution in [3.63, 3.8) is 0 Å². The molecule has 17 heavy (non-hydrogen) atoms. The van der Waals surface area contributed by atoms with Crippen LogP contribution in [0, 0.1) is 5.41 Å². The summed E-state index contributed by atoms with van der Waals surface area (Å²) in [5, 5.41) is 5.99. The molecule has 0 atom stereocenters. The average molecular weight is 238 g/mol. The first kappa shape index (κ1) is 13.7. The van der Waals surface area contributed by atoms with Gasteiger partial charge in [0.1, 0.15) is 0 Å². The molecule has 1 aromatic heterocycles. The van der Waals surface area contributed by atoms with E-state index in [9.17, 15) is 4.79 Å². The van der Waals surface area contributed by atoms with Crippen molar-refractivity contribution >= 4 is 5.91 Å². The molecular weight excluding hydrogens is 216 g/mol. The molecule has 0 aromatic carbocycles. The highest BCUT2D eigenvalue weighted by Crippen LogP contribution is 2.12. The molecule has 1 amide bonds. The number of carbonyl (C=O) groups is 1. The minimum Gasteiger partial charge on any atom is -0.359 e. The van der Waals surface area contributed by atoms with Crippen molar-refractivity contribution in [1.29, 1.82) is 0 Å². The van der Waals surface area contributed by atoms with Crippen molar-refractivity contribution in [2.24, 2.45) is 5.41 Å². The van der Waals surface area contributed by atoms with Gasteiger partial charge >= 0.3 is 0 Å². The smallest absolute Gasteiger partial charge is 0.226 e. The normalized spacial score (nSPS) is 11.5. The molecule has 0 unspecified atom stereocenters. The van der Waals surface area contributed by atoms with Crippen LogP contribution in [0.1, 0.15) is 20.3 Å². The summed E-state index contributed by atoms with van der Waals surface area (Å²) in [6.07, 6.45) is 6.57. The molecule has 0 saturated carbocycles. The zero-order valence-corrected chi connectivity index (χ0v) is 10.9. The van der Waals surface area contributed by atoms with E-state index in [0.29, 0.717) is 6.54 Å². The molecule has 0 radical (unpaired) electrons. The summed E-state index contributed by atoms with van der Waals surface area (Å²) in [5.74, 6) is 0.0691. The van der Waals surface area contributed by atoms with Crippen LogP contribution in [0.25, 0.3) is 0 Å². The minimum atomic E-state index is -0.357. The third-order valence-corrected chi connectivity index (χ3v) is 2.74. The number of aryl methyl sites for hydroxylation is 1. The second-order valence-electron chi connectivity index (χ2n) is 4.79. The lowest BCUT2D eigenvalue weighted by Gasteiger charge is -2.22. The molecule has 1 rings (SSSR count). The molecule has 0 aliphatic rings. The molecule has 0 bridgehead atoms. The molecule has 1 aromatic rings. The van der Waals surface area contributed by atoms with E-state index in [2.05, 4.69) is 15.6 Å². The van der Waals surface area contributed by atoms with Gasteiger partial charge in [0, 0.05) is 32.5 Å². The molecule has 5 nitrogen and oxygen atoms in total. The highest BCUT2D eigenvalue weighted by atomic mass is 16.2. The number of hydrogen-bond donors (Lipinski definition) is 2. The van der Waals surface area contributed by atoms with Crippen LogP contribution in [0.15, 0.2) is 18.7 Å². The zero-order valence-electron chi connectivity index (χ0n) is 10.9. The number of nitrogens with one attached hydrogen (secondary N) is 2. The minimum absolute atomic E-state index is 0.0691. The molecule has 0 fully saturated rings. The fourth-order valence-electron chi connectivity index (χ4n) is 1.63. The number of aromatic nitrogens is 2. The van der Waals surface area contributed by atoms with Crippen LogP contribution < -0.4 is 10.6 Å². The first-order valence-corrected chi connectivity index (χ1v) is 5.95. The van der Waals surface area contributed by atoms with Crippen LogP contribution in [-0.2, 0) is 11.3 Å². The Kier molecular flexibility index (Phi) is 5.15. The van der Waals surface area contributed by atoms with E-state index in [4.69, 9.17) is 0 Å². The quantitative estimate of drug-likeness (QED) is 0.685. The standard InChI is InChI=1S/C12H22N4O/c1-12(2,11(17)13-3)9-14-5-4-7-16-8-6-15-10-16/h6,8,10,14H,4-5,7,9H2,1-3H3,(H,13,17). The summed E-state index contributed by atoms with van der Waals surface area (Å²) in [6.45, 7) is 6.42. The van der Waals surface area contributed by atoms with Crippen LogP contribution in [0.2, 0.25) is 0 Å². The van der Waals surface area contributed by atoms with E-state index in [-0.39, 0.29) is 11.3 Å². The monoisotopic (exact) mass is 238 g/mol. The summed E-state index contributed by atoms with van der Waals surface area (Å²) in [7, 11) is 1.67. The lowest BCUT2D eigenvalue weighted by Crippen LogP contribution is -2.42. The van der Waals surface area contributed by atoms with E-state index < -0.39 is 0 Å². The molecule has 0 spiro atoms. The van der Waals surface area contributed by atoms with Gasteiger partial charge in [-0.05, 0) is 26.8 Å². The Morgan fingerprint density at radius 3 is 2.82 bits per heavy atom. The summed E-state index contributed by atoms with van der Waals surface area (Å²) in [5.41, 5.74) is -0.357. The van der Waals surface area contributed by atoms with Gasteiger partial charge < -0.3 is 15.2 Å². The Hall–Kier alpha value is -1.36. The van der Waals surface area contributed by atoms with Crippen LogP contribution in [0.4, 0.5) is 0 Å². The van der Waals surface area contributed by atoms with Gasteiger partial charge in [-0.25, -0.2) is 4.98 Å². The van der Waals surface area contributed by atoms with E-state index in [0.717, 1.165) is 19.5 Å². The zero-order chi connectivity index (χ0) is 12.7. The molecule has 2 N–H and O–H groups in total. The van der Waals surface area contributed by atoms with Gasteiger partial charge in [0.15, 0.2) is 0 Å². The number of nitrogens with zero attached hydrogens (tertiary/aromatic N) is 2. The summed E-state index contributed by atoms with van der Waals surface area (Å²) in [6, 6.07) is 0. The topological polar surface area (TPSA) is 59.0 Å². The maximum Gasteiger partial charge on any atom is 0.226 e. The summed E-state index contributed by atoms with van der Waals surface area (Å²) >= 11 is 0. The highest BCUT2D eigenvalue weighted by Gasteiger charge is 2.25. The van der Waals surface area contributed by atoms with Crippen molar-refractivity contribution in [2.75, 3.05) is 20.1 Å². The summed E-state index contributed by atoms with van der Waals surface area (Å²) in [4.78, 5) is 15.5. The average Bonchev–Trinajstić information content (AvgIpc) is 2.80. The molecule has 96 valence electrons. The van der Waals surface area contributed by atoms with E-state index in [1.165, 1.54) is 0 Å². The number of carbonyl (C=O) groups excluding carboxylic acids is 1. The van der Waals surface area contributed by atoms with Crippen LogP contribution in [0.5, 0.6) is 0 Å². The maximum atomic E-state index is 11.5. The van der Waals surface area contributed by atoms with Crippen LogP contribution in [-0.4, -0.2) is 35.6 Å². The number of rotatable bonds is 7. The van der Waals surface area contributed by atoms with Crippen LogP contribution in [0.3, 0.4) is 0 Å². The van der Waals surface area contributed by atoms with Crippen molar-refractivity contribution in [3.05, 3.63) is 18.7 Å². The molecule has 0 saturated heterocycles. The lowest BCUT2D eigenvalue weighted by molar-refractivity contribution is -0.128. The molecule has 0 aliphatic carbocycles. The third-order valence-electron chi connectivity index (χ3n) is 2.74. The lowest BCUT2D eigenvalue weighted by atomic mass is 9.92. The van der Waals surface area contributed by atoms with E-state index in [1.807, 2.05) is 30.9 Å². The van der Waals surface area contributed by atoms with Gasteiger partial charge in [-0.3, -0.25) is 4.79 Å². The van der Waals surface area contributed by atoms with Crippen molar-refractivity contribution in [2.45, 2.75) is 26.8 Å². The third kappa shape index (κ3) is 4.56. The van der Waals surface area contributed by atoms with Gasteiger partial charge in [-0.1, -0.05) is 0 Å². The van der Waals surface area contributed by atoms with Gasteiger partial charge in [0.25, 0.3) is 0 Å². The Bertz CT molecular complexity index is 332. The largest absolute Gasteiger partial charge is 0.359 e. The van der Waals surface area contributed by atoms with Crippen molar-refractivity contribution in [1.82, 2.24) is 20.2 Å². The fraction of sp³-hybridized carbons (Fsp3) is 0.667. The predicted molar refractivity (Wildman–Crippen MR) is 67.6 cm³/mol. The molecule has 0 aliphatic heterocycles. The van der Waals surface area contributed by atoms with Gasteiger partial charge in [0.2, 0.25) is 5.91 Å². The molecule has 1 heterocycles. The number of imidazole rings is 1. The number of amides is 1. The Balaban J connectivity index is 2.13. The second-order valence-corrected chi connectivity index (χ2v) is 4.79. The fourth-order valence-corrected chi connectivity index (χ4v) is 1.63.